The number of rotatable bonds is 7. The van der Waals surface area contributed by atoms with Gasteiger partial charge in [0.15, 0.2) is 0 Å². The second-order valence-corrected chi connectivity index (χ2v) is 16.0. The Kier molecular flexibility index (Phi) is 8.31. The molecule has 0 amide bonds. The highest BCUT2D eigenvalue weighted by molar-refractivity contribution is 6.19. The molecule has 10 aromatic rings. The maximum absolute atomic E-state index is 6.55. The number of ether oxygens (including phenoxy) is 1. The molecule has 2 aliphatic rings. The Hall–Kier alpha value is -7.88. The summed E-state index contributed by atoms with van der Waals surface area (Å²) in [7, 11) is 0. The van der Waals surface area contributed by atoms with E-state index in [9.17, 15) is 0 Å². The van der Waals surface area contributed by atoms with Crippen molar-refractivity contribution in [2.75, 3.05) is 4.90 Å². The molecule has 288 valence electrons. The molecule has 3 heteroatoms. The zero-order valence-electron chi connectivity index (χ0n) is 33.3. The number of benzene rings is 9. The van der Waals surface area contributed by atoms with E-state index in [1.54, 1.807) is 0 Å². The van der Waals surface area contributed by atoms with Crippen molar-refractivity contribution < 1.29 is 9.15 Å². The third-order valence-corrected chi connectivity index (χ3v) is 12.4. The van der Waals surface area contributed by atoms with Gasteiger partial charge in [0, 0.05) is 44.9 Å². The number of hydrogen-bond donors (Lipinski definition) is 0. The molecule has 0 spiro atoms. The zero-order valence-corrected chi connectivity index (χ0v) is 33.3. The number of fused-ring (bicyclic) bond motifs is 8. The van der Waals surface area contributed by atoms with Crippen LogP contribution in [-0.4, -0.2) is 0 Å². The molecule has 2 heterocycles. The Morgan fingerprint density at radius 3 is 1.84 bits per heavy atom. The number of furan rings is 1. The summed E-state index contributed by atoms with van der Waals surface area (Å²) in [5.41, 5.74) is 15.7. The van der Waals surface area contributed by atoms with Gasteiger partial charge in [0.05, 0.1) is 0 Å². The summed E-state index contributed by atoms with van der Waals surface area (Å²) in [5.74, 6) is 2.29. The molecule has 0 radical (unpaired) electrons. The summed E-state index contributed by atoms with van der Waals surface area (Å²) < 4.78 is 12.8. The molecule has 0 bridgehead atoms. The van der Waals surface area contributed by atoms with Crippen LogP contribution < -0.4 is 9.64 Å². The van der Waals surface area contributed by atoms with Crippen LogP contribution in [0.25, 0.3) is 77.2 Å². The van der Waals surface area contributed by atoms with Crippen molar-refractivity contribution in [3.05, 3.63) is 230 Å². The van der Waals surface area contributed by atoms with E-state index in [0.717, 1.165) is 68.2 Å². The molecule has 0 N–H and O–H groups in total. The standard InChI is InChI=1S/C58H39NO2/c1-2-10-38(11-3-1)40-26-31-46(32-27-40)59(48-13-8-12-45(36-48)49-16-9-17-51-50-14-4-6-18-54(50)61-58(49)51)47-33-28-41(29-34-47)39-20-22-42(23-21-39)44-25-24-43-30-35-56-57(53(43)37-44)52-15-5-7-19-55(52)60-56/h1-13,15-37,50H,14H2. The number of para-hydroxylation sites is 2. The van der Waals surface area contributed by atoms with Gasteiger partial charge >= 0.3 is 0 Å². The average molecular weight is 782 g/mol. The first-order chi connectivity index (χ1) is 30.2. The molecule has 61 heavy (non-hydrogen) atoms. The predicted molar refractivity (Wildman–Crippen MR) is 253 cm³/mol. The van der Waals surface area contributed by atoms with Crippen molar-refractivity contribution in [3.8, 4) is 50.3 Å². The Balaban J connectivity index is 0.886. The normalized spacial score (nSPS) is 14.2. The van der Waals surface area contributed by atoms with Gasteiger partial charge in [0.1, 0.15) is 22.7 Å². The topological polar surface area (TPSA) is 25.6 Å². The van der Waals surface area contributed by atoms with E-state index in [0.29, 0.717) is 0 Å². The monoisotopic (exact) mass is 781 g/mol. The molecule has 0 fully saturated rings. The van der Waals surface area contributed by atoms with Crippen LogP contribution in [0, 0.1) is 0 Å². The van der Waals surface area contributed by atoms with E-state index in [-0.39, 0.29) is 5.92 Å². The number of anilines is 3. The van der Waals surface area contributed by atoms with Gasteiger partial charge in [0.25, 0.3) is 0 Å². The van der Waals surface area contributed by atoms with Gasteiger partial charge in [-0.1, -0.05) is 158 Å². The molecule has 9 aromatic carbocycles. The van der Waals surface area contributed by atoms with Crippen LogP contribution in [0.15, 0.2) is 229 Å². The van der Waals surface area contributed by atoms with Crippen molar-refractivity contribution in [1.82, 2.24) is 0 Å². The lowest BCUT2D eigenvalue weighted by Gasteiger charge is -2.26. The van der Waals surface area contributed by atoms with Gasteiger partial charge in [-0.2, -0.15) is 0 Å². The zero-order chi connectivity index (χ0) is 40.3. The van der Waals surface area contributed by atoms with E-state index in [4.69, 9.17) is 9.15 Å². The quantitative estimate of drug-likeness (QED) is 0.161. The van der Waals surface area contributed by atoms with Crippen LogP contribution in [0.2, 0.25) is 0 Å². The maximum atomic E-state index is 6.55. The van der Waals surface area contributed by atoms with E-state index in [1.165, 1.54) is 49.5 Å². The van der Waals surface area contributed by atoms with Gasteiger partial charge in [-0.25, -0.2) is 0 Å². The van der Waals surface area contributed by atoms with Crippen LogP contribution in [0.3, 0.4) is 0 Å². The molecule has 1 atom stereocenters. The second-order valence-electron chi connectivity index (χ2n) is 16.0. The molecular weight excluding hydrogens is 743 g/mol. The molecule has 1 aliphatic heterocycles. The summed E-state index contributed by atoms with van der Waals surface area (Å²) in [5, 5.41) is 4.73. The first-order valence-electron chi connectivity index (χ1n) is 21.0. The second kappa shape index (κ2) is 14.4. The summed E-state index contributed by atoms with van der Waals surface area (Å²) in [6.45, 7) is 0. The first-order valence-corrected chi connectivity index (χ1v) is 21.0. The highest BCUT2D eigenvalue weighted by Crippen LogP contribution is 2.49. The van der Waals surface area contributed by atoms with Crippen molar-refractivity contribution in [3.63, 3.8) is 0 Å². The summed E-state index contributed by atoms with van der Waals surface area (Å²) in [4.78, 5) is 2.35. The Morgan fingerprint density at radius 2 is 1.07 bits per heavy atom. The van der Waals surface area contributed by atoms with Gasteiger partial charge in [-0.15, -0.1) is 0 Å². The lowest BCUT2D eigenvalue weighted by Crippen LogP contribution is -2.10. The smallest absolute Gasteiger partial charge is 0.138 e. The lowest BCUT2D eigenvalue weighted by molar-refractivity contribution is 0.426. The van der Waals surface area contributed by atoms with Crippen molar-refractivity contribution in [2.24, 2.45) is 0 Å². The van der Waals surface area contributed by atoms with E-state index in [1.807, 2.05) is 12.1 Å². The molecular formula is C58H39NO2. The lowest BCUT2D eigenvalue weighted by atomic mass is 9.90. The fourth-order valence-electron chi connectivity index (χ4n) is 9.36. The fourth-order valence-corrected chi connectivity index (χ4v) is 9.36. The van der Waals surface area contributed by atoms with Crippen LogP contribution in [0.4, 0.5) is 17.1 Å². The predicted octanol–water partition coefficient (Wildman–Crippen LogP) is 16.2. The minimum atomic E-state index is 0.283. The van der Waals surface area contributed by atoms with Gasteiger partial charge in [-0.05, 0) is 117 Å². The number of allylic oxidation sites excluding steroid dienone is 4. The molecule has 1 unspecified atom stereocenters. The summed E-state index contributed by atoms with van der Waals surface area (Å²) in [6.07, 6.45) is 7.41. The van der Waals surface area contributed by atoms with Crippen LogP contribution in [-0.2, 0) is 0 Å². The minimum absolute atomic E-state index is 0.283. The number of hydrogen-bond acceptors (Lipinski definition) is 3. The molecule has 0 saturated carbocycles. The maximum Gasteiger partial charge on any atom is 0.138 e. The highest BCUT2D eigenvalue weighted by Gasteiger charge is 2.32. The van der Waals surface area contributed by atoms with E-state index >= 15 is 0 Å². The molecule has 0 saturated heterocycles. The van der Waals surface area contributed by atoms with E-state index in [2.05, 4.69) is 211 Å². The van der Waals surface area contributed by atoms with Crippen molar-refractivity contribution in [2.45, 2.75) is 12.3 Å². The molecule has 1 aromatic heterocycles. The molecule has 1 aliphatic carbocycles. The Morgan fingerprint density at radius 1 is 0.443 bits per heavy atom. The Bertz CT molecular complexity index is 3340. The van der Waals surface area contributed by atoms with Crippen LogP contribution in [0.5, 0.6) is 5.75 Å². The van der Waals surface area contributed by atoms with Crippen LogP contribution in [0.1, 0.15) is 17.9 Å². The largest absolute Gasteiger partial charge is 0.460 e. The van der Waals surface area contributed by atoms with Crippen LogP contribution >= 0.6 is 0 Å². The van der Waals surface area contributed by atoms with Gasteiger partial charge < -0.3 is 14.1 Å². The fraction of sp³-hybridized carbons (Fsp3) is 0.0345. The third kappa shape index (κ3) is 6.13. The summed E-state index contributed by atoms with van der Waals surface area (Å²) in [6, 6.07) is 72.0. The third-order valence-electron chi connectivity index (χ3n) is 12.4. The molecule has 12 rings (SSSR count). The number of nitrogens with zero attached hydrogens (tertiary/aromatic N) is 1. The highest BCUT2D eigenvalue weighted by atomic mass is 16.5. The summed E-state index contributed by atoms with van der Waals surface area (Å²) >= 11 is 0. The molecule has 3 nitrogen and oxygen atoms in total. The minimum Gasteiger partial charge on any atom is -0.460 e. The van der Waals surface area contributed by atoms with E-state index < -0.39 is 0 Å². The average Bonchev–Trinajstić information content (AvgIpc) is 3.92. The van der Waals surface area contributed by atoms with Gasteiger partial charge in [0.2, 0.25) is 0 Å². The van der Waals surface area contributed by atoms with Crippen molar-refractivity contribution in [1.29, 1.82) is 0 Å². The first kappa shape index (κ1) is 35.1. The van der Waals surface area contributed by atoms with Crippen molar-refractivity contribution >= 4 is 49.8 Å². The SMILES string of the molecule is C1=CCC2C(=C1)Oc1c(-c3cccc(N(c4ccc(-c5ccccc5)cc4)c4ccc(-c5ccc(-c6ccc7ccc8oc9ccccc9c8c7c6)cc5)cc4)c3)cccc12. The Labute approximate surface area is 354 Å². The van der Waals surface area contributed by atoms with Gasteiger partial charge in [-0.3, -0.25) is 0 Å².